The fourth-order valence-electron chi connectivity index (χ4n) is 1.35. The summed E-state index contributed by atoms with van der Waals surface area (Å²) in [5, 5.41) is 1.71. The molecule has 0 aliphatic carbocycles. The van der Waals surface area contributed by atoms with E-state index in [1.54, 1.807) is 6.20 Å². The molecule has 0 amide bonds. The molecule has 1 aromatic heterocycles. The van der Waals surface area contributed by atoms with Gasteiger partial charge in [0.2, 0.25) is 0 Å². The van der Waals surface area contributed by atoms with Crippen molar-refractivity contribution in [3.8, 4) is 0 Å². The molecule has 0 bridgehead atoms. The van der Waals surface area contributed by atoms with Crippen molar-refractivity contribution in [2.75, 3.05) is 0 Å². The number of hydrogen-bond acceptors (Lipinski definition) is 2. The molecule has 1 unspecified atom stereocenters. The number of aromatic nitrogens is 1. The predicted molar refractivity (Wildman–Crippen MR) is 67.9 cm³/mol. The lowest BCUT2D eigenvalue weighted by Gasteiger charge is -2.07. The lowest BCUT2D eigenvalue weighted by Crippen LogP contribution is -1.87. The van der Waals surface area contributed by atoms with Crippen LogP contribution in [0.2, 0.25) is 5.02 Å². The van der Waals surface area contributed by atoms with E-state index in [2.05, 4.69) is 4.98 Å². The van der Waals surface area contributed by atoms with Crippen molar-refractivity contribution in [1.82, 2.24) is 4.98 Å². The Morgan fingerprint density at radius 2 is 2.07 bits per heavy atom. The summed E-state index contributed by atoms with van der Waals surface area (Å²) in [6.07, 6.45) is 1.77. The molecule has 1 aromatic carbocycles. The number of fused-ring (bicyclic) bond motifs is 1. The van der Waals surface area contributed by atoms with Crippen molar-refractivity contribution < 1.29 is 0 Å². The molecule has 0 aliphatic rings. The van der Waals surface area contributed by atoms with E-state index in [0.717, 1.165) is 20.8 Å². The standard InChI is InChI=1S/C11H9Cl2NS/c1-7(12)15-10-6-14-9-5-3-2-4-8(9)11(10)13/h2-7H,1H3. The number of halogens is 2. The number of rotatable bonds is 2. The van der Waals surface area contributed by atoms with Crippen molar-refractivity contribution in [2.24, 2.45) is 0 Å². The lowest BCUT2D eigenvalue weighted by atomic mass is 10.2. The molecule has 1 heterocycles. The summed E-state index contributed by atoms with van der Waals surface area (Å²) >= 11 is 13.7. The van der Waals surface area contributed by atoms with Crippen molar-refractivity contribution in [3.63, 3.8) is 0 Å². The van der Waals surface area contributed by atoms with E-state index in [0.29, 0.717) is 0 Å². The fourth-order valence-corrected chi connectivity index (χ4v) is 2.65. The molecule has 4 heteroatoms. The van der Waals surface area contributed by atoms with Crippen LogP contribution in [0.5, 0.6) is 0 Å². The predicted octanol–water partition coefficient (Wildman–Crippen LogP) is 4.57. The molecule has 0 saturated carbocycles. The van der Waals surface area contributed by atoms with E-state index >= 15 is 0 Å². The molecule has 0 N–H and O–H groups in total. The van der Waals surface area contributed by atoms with Crippen LogP contribution in [-0.4, -0.2) is 9.69 Å². The summed E-state index contributed by atoms with van der Waals surface area (Å²) in [6.45, 7) is 1.91. The van der Waals surface area contributed by atoms with Gasteiger partial charge in [-0.1, -0.05) is 29.8 Å². The Morgan fingerprint density at radius 3 is 2.80 bits per heavy atom. The lowest BCUT2D eigenvalue weighted by molar-refractivity contribution is 1.29. The number of nitrogens with zero attached hydrogens (tertiary/aromatic N) is 1. The van der Waals surface area contributed by atoms with Crippen molar-refractivity contribution in [1.29, 1.82) is 0 Å². The molecular weight excluding hydrogens is 249 g/mol. The molecule has 78 valence electrons. The molecule has 0 radical (unpaired) electrons. The second-order valence-electron chi connectivity index (χ2n) is 3.11. The maximum atomic E-state index is 6.27. The average molecular weight is 258 g/mol. The van der Waals surface area contributed by atoms with Gasteiger partial charge in [-0.05, 0) is 13.0 Å². The second-order valence-corrected chi connectivity index (χ2v) is 5.79. The first-order chi connectivity index (χ1) is 7.18. The van der Waals surface area contributed by atoms with Gasteiger partial charge in [-0.15, -0.1) is 23.4 Å². The summed E-state index contributed by atoms with van der Waals surface area (Å²) in [5.41, 5.74) is 0.911. The number of benzene rings is 1. The molecule has 0 saturated heterocycles. The van der Waals surface area contributed by atoms with Gasteiger partial charge in [-0.3, -0.25) is 4.98 Å². The number of thioether (sulfide) groups is 1. The molecule has 15 heavy (non-hydrogen) atoms. The van der Waals surface area contributed by atoms with Gasteiger partial charge in [-0.2, -0.15) is 0 Å². The van der Waals surface area contributed by atoms with E-state index < -0.39 is 0 Å². The Morgan fingerprint density at radius 1 is 1.33 bits per heavy atom. The number of hydrogen-bond donors (Lipinski definition) is 0. The Balaban J connectivity index is 2.55. The average Bonchev–Trinajstić information content (AvgIpc) is 2.22. The zero-order valence-electron chi connectivity index (χ0n) is 8.08. The molecule has 1 atom stereocenters. The van der Waals surface area contributed by atoms with Crippen LogP contribution >= 0.6 is 35.0 Å². The van der Waals surface area contributed by atoms with E-state index in [9.17, 15) is 0 Å². The highest BCUT2D eigenvalue weighted by Crippen LogP contribution is 2.35. The number of para-hydroxylation sites is 1. The third-order valence-electron chi connectivity index (χ3n) is 1.97. The number of alkyl halides is 1. The van der Waals surface area contributed by atoms with Crippen molar-refractivity contribution >= 4 is 45.9 Å². The van der Waals surface area contributed by atoms with Gasteiger partial charge in [-0.25, -0.2) is 0 Å². The Kier molecular flexibility index (Phi) is 3.39. The van der Waals surface area contributed by atoms with Crippen LogP contribution in [0, 0.1) is 0 Å². The maximum absolute atomic E-state index is 6.27. The highest BCUT2D eigenvalue weighted by atomic mass is 35.5. The van der Waals surface area contributed by atoms with Crippen LogP contribution in [0.3, 0.4) is 0 Å². The smallest absolute Gasteiger partial charge is 0.0808 e. The Labute approximate surface area is 103 Å². The maximum Gasteiger partial charge on any atom is 0.0808 e. The molecular formula is C11H9Cl2NS. The van der Waals surface area contributed by atoms with Crippen LogP contribution in [0.15, 0.2) is 35.4 Å². The van der Waals surface area contributed by atoms with Crippen LogP contribution in [0.1, 0.15) is 6.92 Å². The van der Waals surface area contributed by atoms with Gasteiger partial charge in [0.05, 0.1) is 15.2 Å². The zero-order valence-corrected chi connectivity index (χ0v) is 10.4. The highest BCUT2D eigenvalue weighted by molar-refractivity contribution is 8.01. The second kappa shape index (κ2) is 4.60. The monoisotopic (exact) mass is 257 g/mol. The third-order valence-corrected chi connectivity index (χ3v) is 3.64. The van der Waals surface area contributed by atoms with Gasteiger partial charge < -0.3 is 0 Å². The fraction of sp³-hybridized carbons (Fsp3) is 0.182. The highest BCUT2D eigenvalue weighted by Gasteiger charge is 2.08. The molecule has 2 rings (SSSR count). The van der Waals surface area contributed by atoms with E-state index in [4.69, 9.17) is 23.2 Å². The van der Waals surface area contributed by atoms with Gasteiger partial charge >= 0.3 is 0 Å². The minimum absolute atomic E-state index is 0.00883. The summed E-state index contributed by atoms with van der Waals surface area (Å²) in [5.74, 6) is 0. The van der Waals surface area contributed by atoms with Gasteiger partial charge in [0.25, 0.3) is 0 Å². The van der Waals surface area contributed by atoms with Crippen molar-refractivity contribution in [3.05, 3.63) is 35.5 Å². The summed E-state index contributed by atoms with van der Waals surface area (Å²) < 4.78 is -0.00883. The summed E-state index contributed by atoms with van der Waals surface area (Å²) in [7, 11) is 0. The normalized spacial score (nSPS) is 13.0. The van der Waals surface area contributed by atoms with Gasteiger partial charge in [0, 0.05) is 16.5 Å². The van der Waals surface area contributed by atoms with Crippen LogP contribution in [0.25, 0.3) is 10.9 Å². The zero-order chi connectivity index (χ0) is 10.8. The molecule has 0 fully saturated rings. The van der Waals surface area contributed by atoms with E-state index in [1.807, 2.05) is 31.2 Å². The molecule has 1 nitrogen and oxygen atoms in total. The van der Waals surface area contributed by atoms with Crippen LogP contribution in [0.4, 0.5) is 0 Å². The van der Waals surface area contributed by atoms with E-state index in [1.165, 1.54) is 11.8 Å². The molecule has 0 aliphatic heterocycles. The minimum Gasteiger partial charge on any atom is -0.255 e. The van der Waals surface area contributed by atoms with Crippen LogP contribution < -0.4 is 0 Å². The van der Waals surface area contributed by atoms with E-state index in [-0.39, 0.29) is 4.71 Å². The third kappa shape index (κ3) is 2.39. The Hall–Kier alpha value is -0.440. The first-order valence-electron chi connectivity index (χ1n) is 4.52. The van der Waals surface area contributed by atoms with Crippen LogP contribution in [-0.2, 0) is 0 Å². The summed E-state index contributed by atoms with van der Waals surface area (Å²) in [4.78, 5) is 5.26. The molecule has 2 aromatic rings. The van der Waals surface area contributed by atoms with Crippen molar-refractivity contribution in [2.45, 2.75) is 16.5 Å². The Bertz CT molecular complexity index is 485. The summed E-state index contributed by atoms with van der Waals surface area (Å²) in [6, 6.07) is 7.81. The first kappa shape index (κ1) is 11.1. The topological polar surface area (TPSA) is 12.9 Å². The van der Waals surface area contributed by atoms with Gasteiger partial charge in [0.15, 0.2) is 0 Å². The van der Waals surface area contributed by atoms with Gasteiger partial charge in [0.1, 0.15) is 0 Å². The number of pyridine rings is 1. The minimum atomic E-state index is -0.00883. The molecule has 0 spiro atoms. The quantitative estimate of drug-likeness (QED) is 0.578. The first-order valence-corrected chi connectivity index (χ1v) is 6.22. The SMILES string of the molecule is CC(Cl)Sc1cnc2ccccc2c1Cl. The largest absolute Gasteiger partial charge is 0.255 e.